The van der Waals surface area contributed by atoms with Gasteiger partial charge < -0.3 is 4.42 Å². The Morgan fingerprint density at radius 2 is 1.07 bits per heavy atom. The zero-order valence-electron chi connectivity index (χ0n) is 31.6. The second kappa shape index (κ2) is 13.6. The quantitative estimate of drug-likeness (QED) is 0.158. The lowest BCUT2D eigenvalue weighted by Crippen LogP contribution is -2.27. The van der Waals surface area contributed by atoms with Crippen molar-refractivity contribution < 1.29 is 4.42 Å². The van der Waals surface area contributed by atoms with Gasteiger partial charge in [-0.15, -0.1) is 0 Å². The smallest absolute Gasteiger partial charge is 0.136 e. The van der Waals surface area contributed by atoms with Crippen LogP contribution in [0.25, 0.3) is 71.4 Å². The van der Waals surface area contributed by atoms with Crippen LogP contribution < -0.4 is 0 Å². The van der Waals surface area contributed by atoms with Crippen molar-refractivity contribution in [2.45, 2.75) is 39.5 Å². The molecule has 0 spiro atoms. The van der Waals surface area contributed by atoms with E-state index < -0.39 is 0 Å². The van der Waals surface area contributed by atoms with Gasteiger partial charge in [0, 0.05) is 22.3 Å². The molecule has 1 aliphatic heterocycles. The van der Waals surface area contributed by atoms with Crippen molar-refractivity contribution in [2.75, 3.05) is 0 Å². The summed E-state index contributed by atoms with van der Waals surface area (Å²) in [5, 5.41) is 7.43. The second-order valence-electron chi connectivity index (χ2n) is 15.4. The summed E-state index contributed by atoms with van der Waals surface area (Å²) in [6, 6.07) is 59.7. The van der Waals surface area contributed by atoms with Gasteiger partial charge in [-0.1, -0.05) is 160 Å². The first-order valence-corrected chi connectivity index (χ1v) is 19.8. The van der Waals surface area contributed by atoms with Crippen molar-refractivity contribution in [2.24, 2.45) is 16.8 Å². The predicted molar refractivity (Wildman–Crippen MR) is 233 cm³/mol. The van der Waals surface area contributed by atoms with E-state index in [0.717, 1.165) is 35.4 Å². The zero-order valence-corrected chi connectivity index (χ0v) is 31.6. The number of fused-ring (bicyclic) bond motifs is 3. The van der Waals surface area contributed by atoms with Gasteiger partial charge in [0.2, 0.25) is 0 Å². The number of allylic oxidation sites excluding steroid dienone is 1. The van der Waals surface area contributed by atoms with Crippen molar-refractivity contribution in [3.8, 4) is 22.3 Å². The first-order valence-electron chi connectivity index (χ1n) is 19.8. The number of furan rings is 1. The average molecular weight is 710 g/mol. The molecule has 0 saturated heterocycles. The highest BCUT2D eigenvalue weighted by Crippen LogP contribution is 2.46. The fourth-order valence-corrected chi connectivity index (χ4v) is 9.40. The molecule has 8 aromatic carbocycles. The number of hydrogen-bond donors (Lipinski definition) is 0. The van der Waals surface area contributed by atoms with Crippen LogP contribution in [0.15, 0.2) is 179 Å². The summed E-state index contributed by atoms with van der Waals surface area (Å²) in [7, 11) is 0. The van der Waals surface area contributed by atoms with E-state index in [2.05, 4.69) is 185 Å². The van der Waals surface area contributed by atoms with Crippen LogP contribution in [0.2, 0.25) is 0 Å². The van der Waals surface area contributed by atoms with Crippen molar-refractivity contribution >= 4 is 54.9 Å². The normalized spacial score (nSPS) is 19.3. The molecule has 3 unspecified atom stereocenters. The van der Waals surface area contributed by atoms with Crippen LogP contribution in [0.3, 0.4) is 0 Å². The van der Waals surface area contributed by atoms with E-state index in [1.54, 1.807) is 0 Å². The van der Waals surface area contributed by atoms with E-state index >= 15 is 0 Å². The van der Waals surface area contributed by atoms with E-state index in [0.29, 0.717) is 11.8 Å². The van der Waals surface area contributed by atoms with Crippen LogP contribution in [0, 0.1) is 11.8 Å². The van der Waals surface area contributed by atoms with E-state index in [-0.39, 0.29) is 5.92 Å². The lowest BCUT2D eigenvalue weighted by molar-refractivity contribution is 0.386. The maximum Gasteiger partial charge on any atom is 0.136 e. The van der Waals surface area contributed by atoms with Crippen LogP contribution >= 0.6 is 0 Å². The first kappa shape index (κ1) is 33.3. The van der Waals surface area contributed by atoms with Crippen molar-refractivity contribution in [1.29, 1.82) is 0 Å². The predicted octanol–water partition coefficient (Wildman–Crippen LogP) is 14.7. The fraction of sp³-hybridized carbons (Fsp3) is 0.151. The van der Waals surface area contributed by atoms with Gasteiger partial charge in [-0.25, -0.2) is 0 Å². The SMILES string of the molecule is CC/C1=C(\c2ccccc2)N=C(c2cccc(-c3cccc(-c4cccc5c6cccc7oc8cccc(c45)c8c76)c3)c2)C(C)C(C)C(c2ccccc2)C1. The third kappa shape index (κ3) is 5.59. The summed E-state index contributed by atoms with van der Waals surface area (Å²) in [6.07, 6.45) is 1.97. The molecule has 0 amide bonds. The van der Waals surface area contributed by atoms with Crippen LogP contribution in [-0.4, -0.2) is 5.71 Å². The minimum Gasteiger partial charge on any atom is -0.456 e. The summed E-state index contributed by atoms with van der Waals surface area (Å²) < 4.78 is 6.36. The number of hydrogen-bond acceptors (Lipinski definition) is 2. The van der Waals surface area contributed by atoms with E-state index in [4.69, 9.17) is 9.41 Å². The van der Waals surface area contributed by atoms with Gasteiger partial charge in [-0.2, -0.15) is 0 Å². The van der Waals surface area contributed by atoms with Crippen LogP contribution in [-0.2, 0) is 0 Å². The summed E-state index contributed by atoms with van der Waals surface area (Å²) in [5.41, 5.74) is 14.2. The standard InChI is InChI=1S/C53H43NO/c1-4-35-32-46(36-16-7-5-8-17-36)33(2)34(3)52(54-53(35)37-18-9-6-10-19-37)41-23-12-21-39(31-41)38-20-11-22-40(30-38)42-24-13-25-43-44-26-14-28-47-50(44)51-45(49(42)43)27-15-29-48(51)55-47/h5-31,33-34,46H,4,32H2,1-3H3/b53-35-,54-52?. The van der Waals surface area contributed by atoms with Gasteiger partial charge in [0.25, 0.3) is 0 Å². The molecule has 0 radical (unpaired) electrons. The van der Waals surface area contributed by atoms with Crippen molar-refractivity contribution in [3.05, 3.63) is 186 Å². The topological polar surface area (TPSA) is 25.5 Å². The van der Waals surface area contributed by atoms with Gasteiger partial charge in [-0.05, 0) is 109 Å². The molecule has 10 rings (SSSR count). The van der Waals surface area contributed by atoms with E-state index in [1.165, 1.54) is 76.8 Å². The Labute approximate surface area is 322 Å². The number of aliphatic imine (C=N–C) groups is 1. The Morgan fingerprint density at radius 1 is 0.527 bits per heavy atom. The monoisotopic (exact) mass is 709 g/mol. The van der Waals surface area contributed by atoms with Crippen LogP contribution in [0.4, 0.5) is 0 Å². The van der Waals surface area contributed by atoms with Gasteiger partial charge in [-0.3, -0.25) is 4.99 Å². The maximum absolute atomic E-state index is 6.36. The number of nitrogens with zero attached hydrogens (tertiary/aromatic N) is 1. The molecule has 0 saturated carbocycles. The molecule has 2 heteroatoms. The summed E-state index contributed by atoms with van der Waals surface area (Å²) in [4.78, 5) is 5.67. The molecule has 0 aliphatic carbocycles. The molecule has 266 valence electrons. The lowest BCUT2D eigenvalue weighted by atomic mass is 9.72. The second-order valence-corrected chi connectivity index (χ2v) is 15.4. The Morgan fingerprint density at radius 3 is 1.78 bits per heavy atom. The molecule has 0 bridgehead atoms. The Balaban J connectivity index is 1.11. The molecular formula is C53H43NO. The Bertz CT molecular complexity index is 2910. The molecule has 9 aromatic rings. The lowest BCUT2D eigenvalue weighted by Gasteiger charge is -2.34. The van der Waals surface area contributed by atoms with Crippen molar-refractivity contribution in [3.63, 3.8) is 0 Å². The highest BCUT2D eigenvalue weighted by Gasteiger charge is 2.32. The fourth-order valence-electron chi connectivity index (χ4n) is 9.40. The number of rotatable bonds is 6. The highest BCUT2D eigenvalue weighted by atomic mass is 16.3. The zero-order chi connectivity index (χ0) is 37.0. The van der Waals surface area contributed by atoms with Crippen LogP contribution in [0.5, 0.6) is 0 Å². The average Bonchev–Trinajstić information content (AvgIpc) is 3.64. The maximum atomic E-state index is 6.36. The third-order valence-electron chi connectivity index (χ3n) is 12.4. The summed E-state index contributed by atoms with van der Waals surface area (Å²) in [6.45, 7) is 7.11. The van der Waals surface area contributed by atoms with Gasteiger partial charge in [0.15, 0.2) is 0 Å². The van der Waals surface area contributed by atoms with Crippen LogP contribution in [0.1, 0.15) is 56.2 Å². The Hall–Kier alpha value is -6.25. The minimum atomic E-state index is 0.236. The third-order valence-corrected chi connectivity index (χ3v) is 12.4. The molecule has 2 nitrogen and oxygen atoms in total. The largest absolute Gasteiger partial charge is 0.456 e. The molecule has 3 atom stereocenters. The minimum absolute atomic E-state index is 0.236. The summed E-state index contributed by atoms with van der Waals surface area (Å²) in [5.74, 6) is 1.02. The van der Waals surface area contributed by atoms with Crippen molar-refractivity contribution in [1.82, 2.24) is 0 Å². The Kier molecular flexibility index (Phi) is 8.21. The molecular weight excluding hydrogens is 667 g/mol. The molecule has 1 aromatic heterocycles. The van der Waals surface area contributed by atoms with Gasteiger partial charge >= 0.3 is 0 Å². The first-order chi connectivity index (χ1) is 27.1. The molecule has 0 N–H and O–H groups in total. The van der Waals surface area contributed by atoms with Gasteiger partial charge in [0.1, 0.15) is 11.2 Å². The van der Waals surface area contributed by atoms with E-state index in [1.807, 2.05) is 0 Å². The number of benzene rings is 8. The molecule has 55 heavy (non-hydrogen) atoms. The molecule has 0 fully saturated rings. The highest BCUT2D eigenvalue weighted by molar-refractivity contribution is 6.34. The van der Waals surface area contributed by atoms with E-state index in [9.17, 15) is 0 Å². The molecule has 2 heterocycles. The van der Waals surface area contributed by atoms with Gasteiger partial charge in [0.05, 0.1) is 11.4 Å². The molecule has 1 aliphatic rings. The summed E-state index contributed by atoms with van der Waals surface area (Å²) >= 11 is 0.